The van der Waals surface area contributed by atoms with Crippen LogP contribution >= 0.6 is 11.8 Å². The average Bonchev–Trinajstić information content (AvgIpc) is 3.88. The van der Waals surface area contributed by atoms with Crippen molar-refractivity contribution >= 4 is 82.8 Å². The lowest BCUT2D eigenvalue weighted by Crippen LogP contribution is -2.61. The Morgan fingerprint density at radius 3 is 1.67 bits per heavy atom. The van der Waals surface area contributed by atoms with E-state index in [1.54, 1.807) is 71.2 Å². The van der Waals surface area contributed by atoms with Crippen LogP contribution in [0, 0.1) is 17.8 Å². The second-order valence-electron chi connectivity index (χ2n) is 19.3. The molecule has 15 N–H and O–H groups in total. The molecule has 0 spiro atoms. The third-order valence-electron chi connectivity index (χ3n) is 12.4. The summed E-state index contributed by atoms with van der Waals surface area (Å²) in [6, 6.07) is -3.96. The predicted octanol–water partition coefficient (Wildman–Crippen LogP) is -1.50. The summed E-state index contributed by atoms with van der Waals surface area (Å²) in [6.07, 6.45) is -4.14. The molecule has 30 heteroatoms. The SMILES string of the molecule is CC[C@H](C)[C@H](N)C(=O)N[C@@H](CCSC)C(=O)N[C@@H](CC(=O)O)C(=O)N[C@@H](CCC(N)=O)C(=O)N[C@H](C(=O)N1CCC[C@H]1C(=O)N[C@@H](Cc1ccccc1)C(=O)N[C@@H](CO)C(=O)N[C@H](C(=O)O)C(C)C)C(C)C.O=C(O)C(F)(F)F. The molecule has 26 nitrogen and oxygen atoms in total. The molecule has 1 fully saturated rings. The van der Waals surface area contributed by atoms with Crippen molar-refractivity contribution in [3.05, 3.63) is 35.9 Å². The van der Waals surface area contributed by atoms with Crippen LogP contribution < -0.4 is 48.7 Å². The highest BCUT2D eigenvalue weighted by molar-refractivity contribution is 7.98. The lowest BCUT2D eigenvalue weighted by atomic mass is 9.99. The van der Waals surface area contributed by atoms with Crippen LogP contribution in [0.1, 0.15) is 92.1 Å². The van der Waals surface area contributed by atoms with Gasteiger partial charge in [0, 0.05) is 19.4 Å². The lowest BCUT2D eigenvalue weighted by Gasteiger charge is -2.32. The van der Waals surface area contributed by atoms with Gasteiger partial charge in [-0.1, -0.05) is 78.3 Å². The van der Waals surface area contributed by atoms with Crippen molar-refractivity contribution in [1.82, 2.24) is 42.1 Å². The highest BCUT2D eigenvalue weighted by Gasteiger charge is 2.42. The number of halogens is 3. The molecule has 1 aromatic rings. The summed E-state index contributed by atoms with van der Waals surface area (Å²) < 4.78 is 31.7. The molecule has 9 amide bonds. The Hall–Kier alpha value is -7.08. The Morgan fingerprint density at radius 2 is 1.18 bits per heavy atom. The third kappa shape index (κ3) is 24.2. The number of nitrogens with one attached hydrogen (secondary N) is 7. The number of nitrogens with two attached hydrogens (primary N) is 2. The van der Waals surface area contributed by atoms with Crippen LogP contribution in [0.25, 0.3) is 0 Å². The van der Waals surface area contributed by atoms with E-state index in [0.29, 0.717) is 24.2 Å². The van der Waals surface area contributed by atoms with Crippen LogP contribution in [-0.2, 0) is 64.0 Å². The maximum absolute atomic E-state index is 14.4. The van der Waals surface area contributed by atoms with Crippen LogP contribution in [0.4, 0.5) is 13.2 Å². The summed E-state index contributed by atoms with van der Waals surface area (Å²) in [7, 11) is 0. The molecule has 0 radical (unpaired) electrons. The Kier molecular flexibility index (Phi) is 30.1. The summed E-state index contributed by atoms with van der Waals surface area (Å²) in [5.41, 5.74) is 12.1. The fourth-order valence-electron chi connectivity index (χ4n) is 7.58. The number of carboxylic acid groups (broad SMARTS) is 3. The number of carboxylic acids is 3. The van der Waals surface area contributed by atoms with E-state index in [1.807, 2.05) is 6.92 Å². The minimum absolute atomic E-state index is 0.0409. The Balaban J connectivity index is 0.00000415. The number of likely N-dealkylation sites (tertiary alicyclic amines) is 1. The van der Waals surface area contributed by atoms with Crippen LogP contribution in [0.15, 0.2) is 30.3 Å². The molecule has 1 aromatic carbocycles. The number of thioether (sulfide) groups is 1. The minimum atomic E-state index is -5.08. The van der Waals surface area contributed by atoms with E-state index < -0.39 is 169 Å². The number of hydrogen-bond donors (Lipinski definition) is 13. The monoisotopic (exact) mass is 1150 g/mol. The van der Waals surface area contributed by atoms with Crippen LogP contribution in [0.3, 0.4) is 0 Å². The topological polar surface area (TPSA) is 425 Å². The average molecular weight is 1150 g/mol. The second-order valence-corrected chi connectivity index (χ2v) is 20.3. The Morgan fingerprint density at radius 1 is 0.696 bits per heavy atom. The van der Waals surface area contributed by atoms with Gasteiger partial charge in [0.15, 0.2) is 0 Å². The molecule has 444 valence electrons. The number of benzene rings is 1. The van der Waals surface area contributed by atoms with E-state index in [9.17, 15) is 81.2 Å². The summed E-state index contributed by atoms with van der Waals surface area (Å²) in [4.78, 5) is 156. The summed E-state index contributed by atoms with van der Waals surface area (Å²) in [5.74, 6) is -14.6. The van der Waals surface area contributed by atoms with Gasteiger partial charge in [-0.3, -0.25) is 47.9 Å². The molecule has 1 aliphatic rings. The van der Waals surface area contributed by atoms with Gasteiger partial charge < -0.3 is 74.0 Å². The number of aliphatic hydroxyl groups is 1. The molecule has 0 aliphatic carbocycles. The number of rotatable bonds is 31. The van der Waals surface area contributed by atoms with Gasteiger partial charge in [-0.15, -0.1) is 0 Å². The molecule has 79 heavy (non-hydrogen) atoms. The number of aliphatic hydroxyl groups excluding tert-OH is 1. The van der Waals surface area contributed by atoms with E-state index in [1.165, 1.54) is 16.7 Å². The number of carbonyl (C=O) groups excluding carboxylic acids is 9. The number of alkyl halides is 3. The minimum Gasteiger partial charge on any atom is -0.481 e. The first kappa shape index (κ1) is 69.9. The molecule has 0 saturated carbocycles. The molecule has 1 heterocycles. The van der Waals surface area contributed by atoms with Crippen molar-refractivity contribution < 1.29 is 91.1 Å². The number of hydrogen-bond acceptors (Lipinski definition) is 15. The predicted molar refractivity (Wildman–Crippen MR) is 278 cm³/mol. The van der Waals surface area contributed by atoms with E-state index in [-0.39, 0.29) is 31.7 Å². The summed E-state index contributed by atoms with van der Waals surface area (Å²) in [5, 5.41) is 53.7. The molecule has 10 atom stereocenters. The molecule has 0 aromatic heterocycles. The van der Waals surface area contributed by atoms with Gasteiger partial charge in [-0.25, -0.2) is 9.59 Å². The maximum Gasteiger partial charge on any atom is 0.490 e. The van der Waals surface area contributed by atoms with Gasteiger partial charge in [0.25, 0.3) is 0 Å². The van der Waals surface area contributed by atoms with Gasteiger partial charge in [0.1, 0.15) is 48.3 Å². The first-order valence-corrected chi connectivity index (χ1v) is 26.6. The van der Waals surface area contributed by atoms with E-state index >= 15 is 0 Å². The van der Waals surface area contributed by atoms with Crippen LogP contribution in [0.5, 0.6) is 0 Å². The number of nitrogens with zero attached hydrogens (tertiary/aromatic N) is 1. The van der Waals surface area contributed by atoms with Crippen molar-refractivity contribution in [3.8, 4) is 0 Å². The highest BCUT2D eigenvalue weighted by Crippen LogP contribution is 2.22. The fourth-order valence-corrected chi connectivity index (χ4v) is 8.05. The standard InChI is InChI=1S/C47H74N10O14S.C2HF3O2/c1-8-26(6)36(49)45(68)51-29(18-20-72-7)39(62)52-31(22-35(60)61)42(65)50-28(16-17-34(48)59)40(63)55-37(24(2)3)46(69)57-19-12-15-33(57)44(67)53-30(21-27-13-10-9-11-14-27)41(64)54-32(23-58)43(66)56-38(25(4)5)47(70)71;3-2(4,5)1(6)7/h9-11,13-14,24-26,28-33,36-38,58H,8,12,15-23,49H2,1-7H3,(H2,48,59)(H,50,65)(H,51,68)(H,52,62)(H,53,67)(H,54,64)(H,55,63)(H,56,66)(H,60,61)(H,70,71);(H,6,7)/t26-,28-,29-,30-,31-,32-,33-,36-,37-,38-;/m0./s1. The van der Waals surface area contributed by atoms with E-state index in [0.717, 1.165) is 0 Å². The number of aliphatic carboxylic acids is 3. The maximum atomic E-state index is 14.4. The van der Waals surface area contributed by atoms with Crippen molar-refractivity contribution in [2.75, 3.05) is 25.2 Å². The summed E-state index contributed by atoms with van der Waals surface area (Å²) >= 11 is 1.36. The van der Waals surface area contributed by atoms with Crippen molar-refractivity contribution in [1.29, 1.82) is 0 Å². The molecule has 2 rings (SSSR count). The Bertz CT molecular complexity index is 2280. The van der Waals surface area contributed by atoms with Gasteiger partial charge in [0.05, 0.1) is 19.1 Å². The Labute approximate surface area is 458 Å². The van der Waals surface area contributed by atoms with Crippen molar-refractivity contribution in [2.24, 2.45) is 29.2 Å². The molecule has 1 aliphatic heterocycles. The van der Waals surface area contributed by atoms with Gasteiger partial charge in [-0.2, -0.15) is 24.9 Å². The summed E-state index contributed by atoms with van der Waals surface area (Å²) in [6.45, 7) is 9.03. The molecular weight excluding hydrogens is 1070 g/mol. The van der Waals surface area contributed by atoms with E-state index in [4.69, 9.17) is 21.4 Å². The van der Waals surface area contributed by atoms with Gasteiger partial charge in [0.2, 0.25) is 53.2 Å². The smallest absolute Gasteiger partial charge is 0.481 e. The van der Waals surface area contributed by atoms with Crippen LogP contribution in [0.2, 0.25) is 0 Å². The van der Waals surface area contributed by atoms with Gasteiger partial charge >= 0.3 is 24.1 Å². The first-order chi connectivity index (χ1) is 36.8. The quantitative estimate of drug-likeness (QED) is 0.0402. The zero-order valence-corrected chi connectivity index (χ0v) is 45.7. The fraction of sp³-hybridized carbons (Fsp3) is 0.633. The highest BCUT2D eigenvalue weighted by atomic mass is 32.2. The zero-order valence-electron chi connectivity index (χ0n) is 44.9. The second kappa shape index (κ2) is 34.0. The molecule has 1 saturated heterocycles. The zero-order chi connectivity index (χ0) is 60.5. The number of amides is 9. The number of carbonyl (C=O) groups is 12. The van der Waals surface area contributed by atoms with Crippen LogP contribution in [-0.4, -0.2) is 182 Å². The van der Waals surface area contributed by atoms with Crippen molar-refractivity contribution in [2.45, 2.75) is 153 Å². The third-order valence-corrected chi connectivity index (χ3v) is 13.0. The van der Waals surface area contributed by atoms with Crippen molar-refractivity contribution in [3.63, 3.8) is 0 Å². The lowest BCUT2D eigenvalue weighted by molar-refractivity contribution is -0.192. The number of primary amides is 1. The molecule has 0 bridgehead atoms. The first-order valence-electron chi connectivity index (χ1n) is 25.2. The largest absolute Gasteiger partial charge is 0.490 e. The van der Waals surface area contributed by atoms with Gasteiger partial charge in [-0.05, 0) is 61.0 Å². The molecule has 0 unspecified atom stereocenters. The van der Waals surface area contributed by atoms with E-state index in [2.05, 4.69) is 37.2 Å². The molecular formula is C49H75F3N10O16S. The normalized spacial score (nSPS) is 16.6.